The zero-order valence-electron chi connectivity index (χ0n) is 18.2. The predicted octanol–water partition coefficient (Wildman–Crippen LogP) is 1.30. The number of nitrogens with one attached hydrogen (secondary N) is 2. The lowest BCUT2D eigenvalue weighted by molar-refractivity contribution is -0.122. The van der Waals surface area contributed by atoms with Crippen LogP contribution < -0.4 is 10.6 Å². The molecular weight excluding hydrogens is 485 g/mol. The summed E-state index contributed by atoms with van der Waals surface area (Å²) in [4.78, 5) is 20.8. The fraction of sp³-hybridized carbons (Fsp3) is 0.900. The van der Waals surface area contributed by atoms with E-state index in [0.29, 0.717) is 25.8 Å². The van der Waals surface area contributed by atoms with E-state index in [1.165, 1.54) is 38.5 Å². The lowest BCUT2D eigenvalue weighted by Crippen LogP contribution is -2.54. The maximum absolute atomic E-state index is 11.9. The average Bonchev–Trinajstić information content (AvgIpc) is 2.98. The third-order valence-corrected chi connectivity index (χ3v) is 5.42. The van der Waals surface area contributed by atoms with Crippen molar-refractivity contribution in [3.63, 3.8) is 0 Å². The molecule has 1 saturated carbocycles. The average molecular weight is 525 g/mol. The Kier molecular flexibility index (Phi) is 14.6. The van der Waals surface area contributed by atoms with Crippen molar-refractivity contribution in [2.45, 2.75) is 44.6 Å². The molecule has 29 heavy (non-hydrogen) atoms. The number of carbonyl (C=O) groups is 1. The molecule has 9 heteroatoms. The Balaban J connectivity index is 0.00000420. The van der Waals surface area contributed by atoms with Crippen molar-refractivity contribution in [2.75, 3.05) is 73.2 Å². The number of carbonyl (C=O) groups excluding carboxylic acids is 1. The molecule has 170 valence electrons. The molecule has 0 aromatic heterocycles. The number of nitrogens with zero attached hydrogens (tertiary/aromatic N) is 3. The SMILES string of the molecule is CN=C(NCCOC1CCCCCC1)N1CCN(CC(=O)NCCOC)CC1.I. The summed E-state index contributed by atoms with van der Waals surface area (Å²) in [5.74, 6) is 0.984. The fourth-order valence-electron chi connectivity index (χ4n) is 3.80. The smallest absolute Gasteiger partial charge is 0.234 e. The monoisotopic (exact) mass is 525 g/mol. The number of halogens is 1. The number of rotatable bonds is 9. The molecule has 1 heterocycles. The Morgan fingerprint density at radius 3 is 2.28 bits per heavy atom. The first-order valence-corrected chi connectivity index (χ1v) is 10.8. The number of piperazine rings is 1. The van der Waals surface area contributed by atoms with Gasteiger partial charge in [-0.2, -0.15) is 0 Å². The van der Waals surface area contributed by atoms with Gasteiger partial charge in [0.05, 0.1) is 25.9 Å². The van der Waals surface area contributed by atoms with Crippen LogP contribution in [0.2, 0.25) is 0 Å². The normalized spacial score (nSPS) is 19.4. The van der Waals surface area contributed by atoms with E-state index in [-0.39, 0.29) is 29.9 Å². The number of methoxy groups -OCH3 is 1. The van der Waals surface area contributed by atoms with Crippen LogP contribution in [0.15, 0.2) is 4.99 Å². The molecule has 0 atom stereocenters. The summed E-state index contributed by atoms with van der Waals surface area (Å²) in [6.07, 6.45) is 8.15. The van der Waals surface area contributed by atoms with E-state index in [0.717, 1.165) is 45.3 Å². The van der Waals surface area contributed by atoms with Gasteiger partial charge in [-0.15, -0.1) is 24.0 Å². The highest BCUT2D eigenvalue weighted by molar-refractivity contribution is 14.0. The van der Waals surface area contributed by atoms with Gasteiger partial charge in [-0.05, 0) is 12.8 Å². The van der Waals surface area contributed by atoms with Crippen molar-refractivity contribution in [2.24, 2.45) is 4.99 Å². The Labute approximate surface area is 193 Å². The molecular formula is C20H40IN5O3. The summed E-state index contributed by atoms with van der Waals surface area (Å²) >= 11 is 0. The minimum absolute atomic E-state index is 0. The number of aliphatic imine (C=N–C) groups is 1. The topological polar surface area (TPSA) is 78.4 Å². The Hall–Kier alpha value is -0.650. The third-order valence-electron chi connectivity index (χ3n) is 5.42. The van der Waals surface area contributed by atoms with Crippen molar-refractivity contribution >= 4 is 35.8 Å². The minimum atomic E-state index is 0. The molecule has 0 spiro atoms. The van der Waals surface area contributed by atoms with Gasteiger partial charge in [0.15, 0.2) is 5.96 Å². The van der Waals surface area contributed by atoms with Crippen molar-refractivity contribution in [3.05, 3.63) is 0 Å². The molecule has 2 fully saturated rings. The van der Waals surface area contributed by atoms with Crippen molar-refractivity contribution < 1.29 is 14.3 Å². The van der Waals surface area contributed by atoms with Crippen LogP contribution in [0.25, 0.3) is 0 Å². The molecule has 0 bridgehead atoms. The lowest BCUT2D eigenvalue weighted by atomic mass is 10.1. The number of ether oxygens (including phenoxy) is 2. The molecule has 1 aliphatic carbocycles. The molecule has 2 rings (SSSR count). The first-order chi connectivity index (χ1) is 13.7. The van der Waals surface area contributed by atoms with E-state index < -0.39 is 0 Å². The summed E-state index contributed by atoms with van der Waals surface area (Å²) < 4.78 is 11.0. The van der Waals surface area contributed by atoms with Crippen LogP contribution >= 0.6 is 24.0 Å². The minimum Gasteiger partial charge on any atom is -0.383 e. The first-order valence-electron chi connectivity index (χ1n) is 10.8. The van der Waals surface area contributed by atoms with Gasteiger partial charge in [0, 0.05) is 53.4 Å². The quantitative estimate of drug-likeness (QED) is 0.155. The van der Waals surface area contributed by atoms with Gasteiger partial charge in [-0.1, -0.05) is 25.7 Å². The van der Waals surface area contributed by atoms with Crippen LogP contribution in [-0.4, -0.2) is 101 Å². The number of hydrogen-bond donors (Lipinski definition) is 2. The second kappa shape index (κ2) is 16.1. The second-order valence-electron chi connectivity index (χ2n) is 7.56. The van der Waals surface area contributed by atoms with E-state index in [1.807, 2.05) is 7.05 Å². The maximum Gasteiger partial charge on any atom is 0.234 e. The third kappa shape index (κ3) is 10.8. The molecule has 0 aromatic carbocycles. The van der Waals surface area contributed by atoms with E-state index in [9.17, 15) is 4.79 Å². The second-order valence-corrected chi connectivity index (χ2v) is 7.56. The van der Waals surface area contributed by atoms with E-state index >= 15 is 0 Å². The van der Waals surface area contributed by atoms with Crippen LogP contribution in [0.4, 0.5) is 0 Å². The predicted molar refractivity (Wildman–Crippen MR) is 127 cm³/mol. The Morgan fingerprint density at radius 1 is 1.00 bits per heavy atom. The molecule has 2 N–H and O–H groups in total. The Bertz CT molecular complexity index is 465. The zero-order chi connectivity index (χ0) is 20.0. The fourth-order valence-corrected chi connectivity index (χ4v) is 3.80. The van der Waals surface area contributed by atoms with Crippen molar-refractivity contribution in [1.29, 1.82) is 0 Å². The molecule has 1 aliphatic heterocycles. The van der Waals surface area contributed by atoms with Crippen LogP contribution in [-0.2, 0) is 14.3 Å². The number of hydrogen-bond acceptors (Lipinski definition) is 5. The van der Waals surface area contributed by atoms with Crippen LogP contribution in [0.1, 0.15) is 38.5 Å². The van der Waals surface area contributed by atoms with Crippen LogP contribution in [0.5, 0.6) is 0 Å². The van der Waals surface area contributed by atoms with Crippen LogP contribution in [0.3, 0.4) is 0 Å². The molecule has 2 aliphatic rings. The molecule has 1 saturated heterocycles. The van der Waals surface area contributed by atoms with E-state index in [2.05, 4.69) is 25.4 Å². The van der Waals surface area contributed by atoms with Crippen molar-refractivity contribution in [1.82, 2.24) is 20.4 Å². The van der Waals surface area contributed by atoms with Gasteiger partial charge in [0.1, 0.15) is 0 Å². The highest BCUT2D eigenvalue weighted by atomic mass is 127. The maximum atomic E-state index is 11.9. The van der Waals surface area contributed by atoms with Gasteiger partial charge in [0.2, 0.25) is 5.91 Å². The summed E-state index contributed by atoms with van der Waals surface area (Å²) in [5.41, 5.74) is 0. The van der Waals surface area contributed by atoms with Crippen LogP contribution in [0, 0.1) is 0 Å². The number of guanidine groups is 1. The molecule has 0 radical (unpaired) electrons. The molecule has 8 nitrogen and oxygen atoms in total. The highest BCUT2D eigenvalue weighted by Gasteiger charge is 2.21. The number of amides is 1. The van der Waals surface area contributed by atoms with E-state index in [1.54, 1.807) is 7.11 Å². The van der Waals surface area contributed by atoms with Crippen molar-refractivity contribution in [3.8, 4) is 0 Å². The standard InChI is InChI=1S/C20H39N5O3.HI/c1-21-20(23-10-16-28-18-7-5-3-4-6-8-18)25-13-11-24(12-14-25)17-19(26)22-9-15-27-2;/h18H,3-17H2,1-2H3,(H,21,23)(H,22,26);1H. The van der Waals surface area contributed by atoms with Gasteiger partial charge in [-0.25, -0.2) is 0 Å². The Morgan fingerprint density at radius 2 is 1.66 bits per heavy atom. The first kappa shape index (κ1) is 26.4. The lowest BCUT2D eigenvalue weighted by Gasteiger charge is -2.36. The summed E-state index contributed by atoms with van der Waals surface area (Å²) in [7, 11) is 3.46. The molecule has 1 amide bonds. The van der Waals surface area contributed by atoms with Gasteiger partial charge >= 0.3 is 0 Å². The van der Waals surface area contributed by atoms with Gasteiger partial charge < -0.3 is 25.0 Å². The molecule has 0 unspecified atom stereocenters. The summed E-state index contributed by atoms with van der Waals surface area (Å²) in [5, 5.41) is 6.30. The highest BCUT2D eigenvalue weighted by Crippen LogP contribution is 2.19. The zero-order valence-corrected chi connectivity index (χ0v) is 20.5. The van der Waals surface area contributed by atoms with E-state index in [4.69, 9.17) is 9.47 Å². The largest absolute Gasteiger partial charge is 0.383 e. The summed E-state index contributed by atoms with van der Waals surface area (Å²) in [6.45, 7) is 6.52. The molecule has 0 aromatic rings. The van der Waals surface area contributed by atoms with Gasteiger partial charge in [0.25, 0.3) is 0 Å². The van der Waals surface area contributed by atoms with Gasteiger partial charge in [-0.3, -0.25) is 14.7 Å². The summed E-state index contributed by atoms with van der Waals surface area (Å²) in [6, 6.07) is 0.